The Morgan fingerprint density at radius 3 is 2.96 bits per heavy atom. The van der Waals surface area contributed by atoms with E-state index in [1.54, 1.807) is 11.3 Å². The summed E-state index contributed by atoms with van der Waals surface area (Å²) in [6.45, 7) is 2.51. The molecule has 0 unspecified atom stereocenters. The molecule has 1 spiro atoms. The minimum Gasteiger partial charge on any atom is -0.340 e. The maximum atomic E-state index is 12.7. The van der Waals surface area contributed by atoms with E-state index in [9.17, 15) is 9.59 Å². The van der Waals surface area contributed by atoms with Crippen LogP contribution in [-0.2, 0) is 16.0 Å². The summed E-state index contributed by atoms with van der Waals surface area (Å²) in [5.74, 6) is 1.24. The van der Waals surface area contributed by atoms with Crippen molar-refractivity contribution >= 4 is 23.2 Å². The molecule has 0 radical (unpaired) electrons. The van der Waals surface area contributed by atoms with Gasteiger partial charge in [-0.15, -0.1) is 0 Å². The van der Waals surface area contributed by atoms with Gasteiger partial charge in [-0.25, -0.2) is 0 Å². The predicted octanol–water partition coefficient (Wildman–Crippen LogP) is 2.68. The molecule has 1 saturated carbocycles. The smallest absolute Gasteiger partial charge is 0.227 e. The summed E-state index contributed by atoms with van der Waals surface area (Å²) in [6, 6.07) is 2.03. The molecule has 2 saturated heterocycles. The van der Waals surface area contributed by atoms with Crippen LogP contribution >= 0.6 is 11.3 Å². The van der Waals surface area contributed by atoms with Crippen molar-refractivity contribution in [2.75, 3.05) is 19.6 Å². The fraction of sp³-hybridized carbons (Fsp3) is 0.667. The first kappa shape index (κ1) is 15.2. The minimum atomic E-state index is -0.0672. The van der Waals surface area contributed by atoms with Crippen LogP contribution in [0.25, 0.3) is 0 Å². The Balaban J connectivity index is 1.46. The highest BCUT2D eigenvalue weighted by atomic mass is 32.1. The molecule has 124 valence electrons. The van der Waals surface area contributed by atoms with E-state index in [2.05, 4.69) is 10.3 Å². The van der Waals surface area contributed by atoms with Crippen LogP contribution in [0.1, 0.15) is 44.1 Å². The monoisotopic (exact) mass is 332 g/mol. The topological polar surface area (TPSA) is 40.6 Å². The van der Waals surface area contributed by atoms with Crippen LogP contribution in [0.15, 0.2) is 16.8 Å². The summed E-state index contributed by atoms with van der Waals surface area (Å²) in [6.07, 6.45) is 6.70. The normalized spacial score (nSPS) is 27.9. The van der Waals surface area contributed by atoms with Gasteiger partial charge in [0.1, 0.15) is 0 Å². The van der Waals surface area contributed by atoms with Crippen LogP contribution in [0.4, 0.5) is 0 Å². The van der Waals surface area contributed by atoms with Crippen LogP contribution in [0.3, 0.4) is 0 Å². The SMILES string of the molecule is O=C(Cc1ccsc1)N1CCC[C@@]2(CCC(=O)N2CC2CC2)C1. The summed E-state index contributed by atoms with van der Waals surface area (Å²) in [4.78, 5) is 29.2. The van der Waals surface area contributed by atoms with Crippen molar-refractivity contribution in [3.05, 3.63) is 22.4 Å². The summed E-state index contributed by atoms with van der Waals surface area (Å²) >= 11 is 1.64. The summed E-state index contributed by atoms with van der Waals surface area (Å²) in [5.41, 5.74) is 1.04. The van der Waals surface area contributed by atoms with Gasteiger partial charge in [0.2, 0.25) is 11.8 Å². The van der Waals surface area contributed by atoms with E-state index in [1.165, 1.54) is 12.8 Å². The van der Waals surface area contributed by atoms with Crippen molar-refractivity contribution < 1.29 is 9.59 Å². The molecule has 2 aliphatic heterocycles. The van der Waals surface area contributed by atoms with Gasteiger partial charge in [0.25, 0.3) is 0 Å². The lowest BCUT2D eigenvalue weighted by Gasteiger charge is -2.46. The lowest BCUT2D eigenvalue weighted by molar-refractivity contribution is -0.140. The molecule has 1 aromatic heterocycles. The zero-order valence-corrected chi connectivity index (χ0v) is 14.3. The quantitative estimate of drug-likeness (QED) is 0.850. The number of piperidine rings is 1. The molecular formula is C18H24N2O2S. The second kappa shape index (κ2) is 5.93. The highest BCUT2D eigenvalue weighted by Crippen LogP contribution is 2.41. The van der Waals surface area contributed by atoms with E-state index in [4.69, 9.17) is 0 Å². The third kappa shape index (κ3) is 3.03. The Morgan fingerprint density at radius 1 is 1.35 bits per heavy atom. The van der Waals surface area contributed by atoms with Gasteiger partial charge >= 0.3 is 0 Å². The lowest BCUT2D eigenvalue weighted by atomic mass is 9.86. The van der Waals surface area contributed by atoms with E-state index in [-0.39, 0.29) is 11.4 Å². The second-order valence-corrected chi connectivity index (χ2v) is 8.18. The molecule has 4 nitrogen and oxygen atoms in total. The van der Waals surface area contributed by atoms with Crippen LogP contribution < -0.4 is 0 Å². The Bertz CT molecular complexity index is 596. The van der Waals surface area contributed by atoms with E-state index in [0.29, 0.717) is 24.7 Å². The van der Waals surface area contributed by atoms with Gasteiger partial charge in [0.15, 0.2) is 0 Å². The first-order valence-corrected chi connectivity index (χ1v) is 9.70. The Kier molecular flexibility index (Phi) is 3.92. The average molecular weight is 332 g/mol. The van der Waals surface area contributed by atoms with Crippen molar-refractivity contribution in [3.8, 4) is 0 Å². The van der Waals surface area contributed by atoms with Crippen LogP contribution in [-0.4, -0.2) is 46.8 Å². The molecule has 23 heavy (non-hydrogen) atoms. The highest BCUT2D eigenvalue weighted by molar-refractivity contribution is 7.08. The molecular weight excluding hydrogens is 308 g/mol. The van der Waals surface area contributed by atoms with Crippen LogP contribution in [0.2, 0.25) is 0 Å². The molecule has 0 aromatic carbocycles. The highest BCUT2D eigenvalue weighted by Gasteiger charge is 2.49. The molecule has 1 aromatic rings. The predicted molar refractivity (Wildman–Crippen MR) is 90.2 cm³/mol. The number of thiophene rings is 1. The molecule has 3 fully saturated rings. The molecule has 1 atom stereocenters. The number of carbonyl (C=O) groups excluding carboxylic acids is 2. The largest absolute Gasteiger partial charge is 0.340 e. The molecule has 1 aliphatic carbocycles. The maximum absolute atomic E-state index is 12.7. The van der Waals surface area contributed by atoms with Gasteiger partial charge < -0.3 is 9.80 Å². The number of hydrogen-bond donors (Lipinski definition) is 0. The van der Waals surface area contributed by atoms with Crippen LogP contribution in [0.5, 0.6) is 0 Å². The third-order valence-corrected chi connectivity index (χ3v) is 6.39. The summed E-state index contributed by atoms with van der Waals surface area (Å²) in [7, 11) is 0. The molecule has 0 bridgehead atoms. The Labute approximate surface area is 141 Å². The van der Waals surface area contributed by atoms with E-state index in [0.717, 1.165) is 44.5 Å². The van der Waals surface area contributed by atoms with Gasteiger partial charge in [-0.3, -0.25) is 9.59 Å². The first-order chi connectivity index (χ1) is 11.2. The number of rotatable bonds is 4. The summed E-state index contributed by atoms with van der Waals surface area (Å²) < 4.78 is 0. The molecule has 3 aliphatic rings. The lowest BCUT2D eigenvalue weighted by Crippen LogP contribution is -2.58. The number of nitrogens with zero attached hydrogens (tertiary/aromatic N) is 2. The van der Waals surface area contributed by atoms with Gasteiger partial charge in [0, 0.05) is 26.1 Å². The Morgan fingerprint density at radius 2 is 2.22 bits per heavy atom. The van der Waals surface area contributed by atoms with Crippen molar-refractivity contribution in [3.63, 3.8) is 0 Å². The number of amides is 2. The molecule has 2 amide bonds. The maximum Gasteiger partial charge on any atom is 0.227 e. The van der Waals surface area contributed by atoms with Gasteiger partial charge in [-0.05, 0) is 60.4 Å². The van der Waals surface area contributed by atoms with Crippen LogP contribution in [0, 0.1) is 5.92 Å². The fourth-order valence-corrected chi connectivity index (χ4v) is 4.83. The molecule has 0 N–H and O–H groups in total. The average Bonchev–Trinajstić information content (AvgIpc) is 3.16. The first-order valence-electron chi connectivity index (χ1n) is 8.76. The van der Waals surface area contributed by atoms with E-state index >= 15 is 0 Å². The van der Waals surface area contributed by atoms with Gasteiger partial charge in [-0.2, -0.15) is 11.3 Å². The van der Waals surface area contributed by atoms with Crippen molar-refractivity contribution in [2.24, 2.45) is 5.92 Å². The van der Waals surface area contributed by atoms with Gasteiger partial charge in [-0.1, -0.05) is 0 Å². The Hall–Kier alpha value is -1.36. The second-order valence-electron chi connectivity index (χ2n) is 7.40. The van der Waals surface area contributed by atoms with Crippen molar-refractivity contribution in [1.29, 1.82) is 0 Å². The van der Waals surface area contributed by atoms with E-state index in [1.807, 2.05) is 16.3 Å². The molecule has 5 heteroatoms. The fourth-order valence-electron chi connectivity index (χ4n) is 4.16. The van der Waals surface area contributed by atoms with Crippen molar-refractivity contribution in [2.45, 2.75) is 50.5 Å². The van der Waals surface area contributed by atoms with Gasteiger partial charge in [0.05, 0.1) is 12.0 Å². The number of hydrogen-bond acceptors (Lipinski definition) is 3. The number of likely N-dealkylation sites (tertiary alicyclic amines) is 2. The summed E-state index contributed by atoms with van der Waals surface area (Å²) in [5, 5.41) is 4.07. The molecule has 3 heterocycles. The standard InChI is InChI=1S/C18H24N2O2S/c21-16-4-7-18(20(16)11-14-2-3-14)6-1-8-19(13-18)17(22)10-15-5-9-23-12-15/h5,9,12,14H,1-4,6-8,10-11,13H2/t18-/m1/s1. The minimum absolute atomic E-state index is 0.0672. The molecule has 4 rings (SSSR count). The third-order valence-electron chi connectivity index (χ3n) is 5.66. The zero-order chi connectivity index (χ0) is 15.9. The van der Waals surface area contributed by atoms with E-state index < -0.39 is 0 Å². The van der Waals surface area contributed by atoms with Crippen molar-refractivity contribution in [1.82, 2.24) is 9.80 Å². The zero-order valence-electron chi connectivity index (χ0n) is 13.5. The number of carbonyl (C=O) groups is 2.